The van der Waals surface area contributed by atoms with E-state index in [0.29, 0.717) is 23.4 Å². The zero-order valence-electron chi connectivity index (χ0n) is 15.3. The van der Waals surface area contributed by atoms with Crippen molar-refractivity contribution in [2.75, 3.05) is 18.5 Å². The number of anilines is 1. The van der Waals surface area contributed by atoms with E-state index < -0.39 is 24.5 Å². The fourth-order valence-electron chi connectivity index (χ4n) is 2.71. The molecule has 28 heavy (non-hydrogen) atoms. The number of hydrogen-bond donors (Lipinski definition) is 1. The molecule has 0 saturated heterocycles. The molecule has 0 spiro atoms. The molecule has 0 bridgehead atoms. The van der Waals surface area contributed by atoms with Crippen molar-refractivity contribution < 1.29 is 23.9 Å². The maximum atomic E-state index is 12.3. The molecule has 1 N–H and O–H groups in total. The minimum Gasteiger partial charge on any atom is -0.462 e. The number of rotatable bonds is 6. The number of carbonyl (C=O) groups excluding carboxylic acids is 3. The van der Waals surface area contributed by atoms with Crippen LogP contribution in [0.4, 0.5) is 5.69 Å². The minimum atomic E-state index is -0.565. The largest absolute Gasteiger partial charge is 0.462 e. The second-order valence-corrected chi connectivity index (χ2v) is 5.95. The summed E-state index contributed by atoms with van der Waals surface area (Å²) in [7, 11) is 0. The molecule has 0 unspecified atom stereocenters. The second kappa shape index (κ2) is 8.81. The van der Waals surface area contributed by atoms with Gasteiger partial charge in [-0.25, -0.2) is 9.59 Å². The summed E-state index contributed by atoms with van der Waals surface area (Å²) < 4.78 is 10.0. The standard InChI is InChI=1S/C22H19NO5/c1-2-27-21(25)16-10-12-17(13-11-16)23-20(24)14-28-22(26)19-9-5-7-15-6-3-4-8-18(15)19/h3-13H,2,14H2,1H3,(H,23,24). The van der Waals surface area contributed by atoms with Gasteiger partial charge in [0.25, 0.3) is 5.91 Å². The topological polar surface area (TPSA) is 81.7 Å². The first-order chi connectivity index (χ1) is 13.6. The van der Waals surface area contributed by atoms with E-state index in [-0.39, 0.29) is 0 Å². The SMILES string of the molecule is CCOC(=O)c1ccc(NC(=O)COC(=O)c2cccc3ccccc23)cc1. The third-order valence-electron chi connectivity index (χ3n) is 4.02. The highest BCUT2D eigenvalue weighted by atomic mass is 16.5. The van der Waals surface area contributed by atoms with Crippen LogP contribution in [0, 0.1) is 0 Å². The van der Waals surface area contributed by atoms with Crippen molar-refractivity contribution in [1.29, 1.82) is 0 Å². The number of benzene rings is 3. The predicted octanol–water partition coefficient (Wildman–Crippen LogP) is 3.81. The average Bonchev–Trinajstić information content (AvgIpc) is 2.72. The number of hydrogen-bond acceptors (Lipinski definition) is 5. The van der Waals surface area contributed by atoms with Crippen LogP contribution in [0.2, 0.25) is 0 Å². The first-order valence-electron chi connectivity index (χ1n) is 8.80. The van der Waals surface area contributed by atoms with Crippen LogP contribution in [0.15, 0.2) is 66.7 Å². The molecule has 0 fully saturated rings. The van der Waals surface area contributed by atoms with Gasteiger partial charge in [-0.2, -0.15) is 0 Å². The minimum absolute atomic E-state index is 0.291. The molecule has 1 amide bonds. The summed E-state index contributed by atoms with van der Waals surface area (Å²) in [6.45, 7) is 1.60. The number of carbonyl (C=O) groups is 3. The van der Waals surface area contributed by atoms with Gasteiger partial charge < -0.3 is 14.8 Å². The van der Waals surface area contributed by atoms with E-state index in [1.807, 2.05) is 30.3 Å². The van der Waals surface area contributed by atoms with Crippen molar-refractivity contribution in [3.63, 3.8) is 0 Å². The van der Waals surface area contributed by atoms with Crippen LogP contribution in [-0.4, -0.2) is 31.1 Å². The Bertz CT molecular complexity index is 1010. The molecule has 0 saturated carbocycles. The lowest BCUT2D eigenvalue weighted by Gasteiger charge is -2.09. The van der Waals surface area contributed by atoms with Crippen molar-refractivity contribution >= 4 is 34.3 Å². The van der Waals surface area contributed by atoms with Gasteiger partial charge in [0.15, 0.2) is 6.61 Å². The zero-order valence-corrected chi connectivity index (χ0v) is 15.3. The van der Waals surface area contributed by atoms with Gasteiger partial charge in [0.05, 0.1) is 17.7 Å². The van der Waals surface area contributed by atoms with Gasteiger partial charge in [0, 0.05) is 5.69 Å². The molecule has 6 heteroatoms. The van der Waals surface area contributed by atoms with Crippen molar-refractivity contribution in [2.45, 2.75) is 6.92 Å². The molecule has 0 aliphatic carbocycles. The Balaban J connectivity index is 1.58. The van der Waals surface area contributed by atoms with Gasteiger partial charge in [-0.05, 0) is 48.0 Å². The Kier molecular flexibility index (Phi) is 6.01. The molecule has 3 aromatic carbocycles. The maximum absolute atomic E-state index is 12.3. The normalized spacial score (nSPS) is 10.3. The number of amides is 1. The molecule has 3 aromatic rings. The lowest BCUT2D eigenvalue weighted by molar-refractivity contribution is -0.119. The zero-order chi connectivity index (χ0) is 19.9. The summed E-state index contributed by atoms with van der Waals surface area (Å²) in [6, 6.07) is 19.1. The molecule has 6 nitrogen and oxygen atoms in total. The number of fused-ring (bicyclic) bond motifs is 1. The number of esters is 2. The Hall–Kier alpha value is -3.67. The van der Waals surface area contributed by atoms with Gasteiger partial charge in [-0.1, -0.05) is 36.4 Å². The van der Waals surface area contributed by atoms with Crippen LogP contribution >= 0.6 is 0 Å². The van der Waals surface area contributed by atoms with E-state index in [2.05, 4.69) is 5.32 Å². The van der Waals surface area contributed by atoms with Gasteiger partial charge in [0.1, 0.15) is 0 Å². The molecule has 0 heterocycles. The van der Waals surface area contributed by atoms with Crippen LogP contribution in [0.5, 0.6) is 0 Å². The Labute approximate surface area is 162 Å². The Morgan fingerprint density at radius 1 is 0.821 bits per heavy atom. The van der Waals surface area contributed by atoms with Gasteiger partial charge >= 0.3 is 11.9 Å². The first-order valence-corrected chi connectivity index (χ1v) is 8.80. The number of nitrogens with one attached hydrogen (secondary N) is 1. The molecule has 0 aliphatic rings. The van der Waals surface area contributed by atoms with E-state index in [1.165, 1.54) is 0 Å². The highest BCUT2D eigenvalue weighted by Crippen LogP contribution is 2.19. The van der Waals surface area contributed by atoms with Crippen LogP contribution in [0.25, 0.3) is 10.8 Å². The van der Waals surface area contributed by atoms with E-state index in [4.69, 9.17) is 9.47 Å². The summed E-state index contributed by atoms with van der Waals surface area (Å²) in [6.07, 6.45) is 0. The summed E-state index contributed by atoms with van der Waals surface area (Å²) in [5, 5.41) is 4.30. The molecule has 3 rings (SSSR count). The van der Waals surface area contributed by atoms with Crippen molar-refractivity contribution in [3.8, 4) is 0 Å². The highest BCUT2D eigenvalue weighted by molar-refractivity contribution is 6.05. The summed E-state index contributed by atoms with van der Waals surface area (Å²) in [4.78, 5) is 36.0. The molecular weight excluding hydrogens is 358 g/mol. The van der Waals surface area contributed by atoms with Crippen molar-refractivity contribution in [3.05, 3.63) is 77.9 Å². The van der Waals surface area contributed by atoms with E-state index in [0.717, 1.165) is 10.8 Å². The summed E-state index contributed by atoms with van der Waals surface area (Å²) in [5.74, 6) is -1.47. The fourth-order valence-corrected chi connectivity index (χ4v) is 2.71. The first kappa shape index (κ1) is 19.1. The fraction of sp³-hybridized carbons (Fsp3) is 0.136. The number of ether oxygens (including phenoxy) is 2. The van der Waals surface area contributed by atoms with Crippen LogP contribution in [0.1, 0.15) is 27.6 Å². The quantitative estimate of drug-likeness (QED) is 0.661. The second-order valence-electron chi connectivity index (χ2n) is 5.95. The molecule has 0 atom stereocenters. The predicted molar refractivity (Wildman–Crippen MR) is 105 cm³/mol. The highest BCUT2D eigenvalue weighted by Gasteiger charge is 2.13. The van der Waals surface area contributed by atoms with Crippen LogP contribution in [0.3, 0.4) is 0 Å². The molecule has 0 aromatic heterocycles. The van der Waals surface area contributed by atoms with Crippen LogP contribution in [-0.2, 0) is 14.3 Å². The van der Waals surface area contributed by atoms with E-state index in [9.17, 15) is 14.4 Å². The van der Waals surface area contributed by atoms with Crippen molar-refractivity contribution in [2.24, 2.45) is 0 Å². The Morgan fingerprint density at radius 3 is 2.29 bits per heavy atom. The molecular formula is C22H19NO5. The molecule has 142 valence electrons. The smallest absolute Gasteiger partial charge is 0.339 e. The molecule has 0 radical (unpaired) electrons. The van der Waals surface area contributed by atoms with E-state index in [1.54, 1.807) is 43.3 Å². The van der Waals surface area contributed by atoms with Crippen LogP contribution < -0.4 is 5.32 Å². The van der Waals surface area contributed by atoms with Gasteiger partial charge in [-0.15, -0.1) is 0 Å². The summed E-state index contributed by atoms with van der Waals surface area (Å²) in [5.41, 5.74) is 1.28. The molecule has 0 aliphatic heterocycles. The summed E-state index contributed by atoms with van der Waals surface area (Å²) >= 11 is 0. The maximum Gasteiger partial charge on any atom is 0.339 e. The van der Waals surface area contributed by atoms with E-state index >= 15 is 0 Å². The average molecular weight is 377 g/mol. The third kappa shape index (κ3) is 4.54. The van der Waals surface area contributed by atoms with Gasteiger partial charge in [-0.3, -0.25) is 4.79 Å². The van der Waals surface area contributed by atoms with Gasteiger partial charge in [0.2, 0.25) is 0 Å². The van der Waals surface area contributed by atoms with Crippen molar-refractivity contribution in [1.82, 2.24) is 0 Å². The monoisotopic (exact) mass is 377 g/mol. The Morgan fingerprint density at radius 2 is 1.54 bits per heavy atom. The third-order valence-corrected chi connectivity index (χ3v) is 4.02. The lowest BCUT2D eigenvalue weighted by atomic mass is 10.1. The lowest BCUT2D eigenvalue weighted by Crippen LogP contribution is -2.21.